The predicted molar refractivity (Wildman–Crippen MR) is 91.6 cm³/mol. The maximum Gasteiger partial charge on any atom is 0.198 e. The fourth-order valence-corrected chi connectivity index (χ4v) is 3.34. The SMILES string of the molecule is Cc1cc2c(c(O)c1-c1ccccc1)C(=O)c1ccccc1C2=O. The van der Waals surface area contributed by atoms with Crippen LogP contribution in [0, 0.1) is 6.92 Å². The minimum atomic E-state index is -0.310. The van der Waals surface area contributed by atoms with Crippen molar-refractivity contribution in [3.63, 3.8) is 0 Å². The lowest BCUT2D eigenvalue weighted by molar-refractivity contribution is 0.0976. The van der Waals surface area contributed by atoms with Crippen LogP contribution in [0.25, 0.3) is 11.1 Å². The average Bonchev–Trinajstić information content (AvgIpc) is 2.60. The fraction of sp³-hybridized carbons (Fsp3) is 0.0476. The molecule has 116 valence electrons. The molecule has 0 atom stereocenters. The minimum Gasteiger partial charge on any atom is -0.506 e. The Hall–Kier alpha value is -3.20. The van der Waals surface area contributed by atoms with Gasteiger partial charge in [0.2, 0.25) is 0 Å². The van der Waals surface area contributed by atoms with Crippen LogP contribution in [0.3, 0.4) is 0 Å². The molecule has 4 rings (SSSR count). The second kappa shape index (κ2) is 5.17. The topological polar surface area (TPSA) is 54.4 Å². The Kier molecular flexibility index (Phi) is 3.10. The molecule has 0 spiro atoms. The van der Waals surface area contributed by atoms with Crippen molar-refractivity contribution in [2.24, 2.45) is 0 Å². The first kappa shape index (κ1) is 14.4. The molecule has 1 N–H and O–H groups in total. The molecule has 1 aliphatic rings. The summed E-state index contributed by atoms with van der Waals surface area (Å²) in [5.41, 5.74) is 3.27. The lowest BCUT2D eigenvalue weighted by Crippen LogP contribution is -2.21. The number of phenolic OH excluding ortho intramolecular Hbond substituents is 1. The molecule has 0 unspecified atom stereocenters. The summed E-state index contributed by atoms with van der Waals surface area (Å²) in [6, 6.07) is 17.8. The number of carbonyl (C=O) groups is 2. The van der Waals surface area contributed by atoms with E-state index in [0.29, 0.717) is 16.7 Å². The van der Waals surface area contributed by atoms with Crippen LogP contribution >= 0.6 is 0 Å². The maximum absolute atomic E-state index is 12.9. The average molecular weight is 314 g/mol. The summed E-state index contributed by atoms with van der Waals surface area (Å²) < 4.78 is 0. The van der Waals surface area contributed by atoms with Gasteiger partial charge in [0.05, 0.1) is 5.56 Å². The van der Waals surface area contributed by atoms with Crippen molar-refractivity contribution in [2.45, 2.75) is 6.92 Å². The number of rotatable bonds is 1. The number of phenols is 1. The van der Waals surface area contributed by atoms with E-state index in [1.807, 2.05) is 37.3 Å². The third-order valence-corrected chi connectivity index (χ3v) is 4.45. The molecule has 1 aliphatic carbocycles. The lowest BCUT2D eigenvalue weighted by Gasteiger charge is -2.21. The first-order valence-electron chi connectivity index (χ1n) is 7.70. The Labute approximate surface area is 139 Å². The maximum atomic E-state index is 12.9. The van der Waals surface area contributed by atoms with E-state index in [1.165, 1.54) is 0 Å². The first-order chi connectivity index (χ1) is 11.6. The summed E-state index contributed by atoms with van der Waals surface area (Å²) in [6.07, 6.45) is 0. The summed E-state index contributed by atoms with van der Waals surface area (Å²) in [7, 11) is 0. The minimum absolute atomic E-state index is 0.100. The van der Waals surface area contributed by atoms with Gasteiger partial charge in [0.25, 0.3) is 0 Å². The second-order valence-corrected chi connectivity index (χ2v) is 5.91. The Balaban J connectivity index is 2.03. The molecule has 0 fully saturated rings. The van der Waals surface area contributed by atoms with Crippen molar-refractivity contribution in [1.82, 2.24) is 0 Å². The third-order valence-electron chi connectivity index (χ3n) is 4.45. The number of hydrogen-bond donors (Lipinski definition) is 1. The van der Waals surface area contributed by atoms with Gasteiger partial charge in [-0.1, -0.05) is 54.6 Å². The molecule has 0 radical (unpaired) electrons. The molecular formula is C21H14O3. The molecule has 3 aromatic carbocycles. The van der Waals surface area contributed by atoms with Gasteiger partial charge >= 0.3 is 0 Å². The fourth-order valence-electron chi connectivity index (χ4n) is 3.34. The quantitative estimate of drug-likeness (QED) is 0.574. The van der Waals surface area contributed by atoms with E-state index in [-0.39, 0.29) is 28.4 Å². The molecule has 0 aliphatic heterocycles. The molecule has 0 heterocycles. The highest BCUT2D eigenvalue weighted by Gasteiger charge is 2.33. The van der Waals surface area contributed by atoms with Crippen molar-refractivity contribution in [3.8, 4) is 16.9 Å². The van der Waals surface area contributed by atoms with Gasteiger partial charge in [0, 0.05) is 22.3 Å². The molecule has 0 amide bonds. The lowest BCUT2D eigenvalue weighted by atomic mass is 9.80. The monoisotopic (exact) mass is 314 g/mol. The number of carbonyl (C=O) groups excluding carboxylic acids is 2. The van der Waals surface area contributed by atoms with Gasteiger partial charge in [0.15, 0.2) is 11.6 Å². The molecule has 24 heavy (non-hydrogen) atoms. The Bertz CT molecular complexity index is 1000. The van der Waals surface area contributed by atoms with Gasteiger partial charge in [-0.15, -0.1) is 0 Å². The Morgan fingerprint density at radius 1 is 0.708 bits per heavy atom. The van der Waals surface area contributed by atoms with Crippen LogP contribution in [0.5, 0.6) is 5.75 Å². The van der Waals surface area contributed by atoms with Crippen LogP contribution < -0.4 is 0 Å². The number of benzene rings is 3. The van der Waals surface area contributed by atoms with Crippen molar-refractivity contribution in [1.29, 1.82) is 0 Å². The molecule has 3 nitrogen and oxygen atoms in total. The zero-order valence-electron chi connectivity index (χ0n) is 13.0. The van der Waals surface area contributed by atoms with Crippen molar-refractivity contribution in [3.05, 3.63) is 88.5 Å². The molecule has 0 saturated carbocycles. The predicted octanol–water partition coefficient (Wildman–Crippen LogP) is 4.14. The summed E-state index contributed by atoms with van der Waals surface area (Å²) in [6.45, 7) is 1.83. The van der Waals surface area contributed by atoms with Crippen LogP contribution in [0.15, 0.2) is 60.7 Å². The van der Waals surface area contributed by atoms with E-state index in [1.54, 1.807) is 30.3 Å². The molecule has 0 bridgehead atoms. The largest absolute Gasteiger partial charge is 0.506 e. The van der Waals surface area contributed by atoms with E-state index < -0.39 is 0 Å². The van der Waals surface area contributed by atoms with Gasteiger partial charge in [0.1, 0.15) is 5.75 Å². The van der Waals surface area contributed by atoms with Gasteiger partial charge in [-0.2, -0.15) is 0 Å². The summed E-state index contributed by atoms with van der Waals surface area (Å²) in [4.78, 5) is 25.6. The zero-order chi connectivity index (χ0) is 16.8. The highest BCUT2D eigenvalue weighted by Crippen LogP contribution is 2.41. The van der Waals surface area contributed by atoms with E-state index in [9.17, 15) is 14.7 Å². The number of ketones is 2. The summed E-state index contributed by atoms with van der Waals surface area (Å²) >= 11 is 0. The molecule has 0 saturated heterocycles. The van der Waals surface area contributed by atoms with Crippen LogP contribution in [-0.2, 0) is 0 Å². The second-order valence-electron chi connectivity index (χ2n) is 5.91. The van der Waals surface area contributed by atoms with Gasteiger partial charge in [-0.3, -0.25) is 9.59 Å². The van der Waals surface area contributed by atoms with Crippen LogP contribution in [-0.4, -0.2) is 16.7 Å². The van der Waals surface area contributed by atoms with E-state index in [0.717, 1.165) is 11.1 Å². The van der Waals surface area contributed by atoms with Crippen LogP contribution in [0.2, 0.25) is 0 Å². The Morgan fingerprint density at radius 3 is 1.96 bits per heavy atom. The number of aryl methyl sites for hydroxylation is 1. The van der Waals surface area contributed by atoms with Crippen molar-refractivity contribution in [2.75, 3.05) is 0 Å². The van der Waals surface area contributed by atoms with Gasteiger partial charge in [-0.05, 0) is 24.1 Å². The normalized spacial score (nSPS) is 12.7. The van der Waals surface area contributed by atoms with Gasteiger partial charge in [-0.25, -0.2) is 0 Å². The zero-order valence-corrected chi connectivity index (χ0v) is 13.0. The standard InChI is InChI=1S/C21H14O3/c1-12-11-16-18(21(24)17(12)13-7-3-2-4-8-13)20(23)15-10-6-5-9-14(15)19(16)22/h2-11,24H,1H3. The smallest absolute Gasteiger partial charge is 0.198 e. The summed E-state index contributed by atoms with van der Waals surface area (Å²) in [5, 5.41) is 10.8. The molecular weight excluding hydrogens is 300 g/mol. The Morgan fingerprint density at radius 2 is 1.29 bits per heavy atom. The highest BCUT2D eigenvalue weighted by atomic mass is 16.3. The van der Waals surface area contributed by atoms with Crippen LogP contribution in [0.1, 0.15) is 37.4 Å². The van der Waals surface area contributed by atoms with Gasteiger partial charge < -0.3 is 5.11 Å². The molecule has 3 aromatic rings. The highest BCUT2D eigenvalue weighted by molar-refractivity contribution is 6.29. The van der Waals surface area contributed by atoms with Crippen LogP contribution in [0.4, 0.5) is 0 Å². The number of fused-ring (bicyclic) bond motifs is 2. The molecule has 0 aromatic heterocycles. The number of hydrogen-bond acceptors (Lipinski definition) is 3. The number of aromatic hydroxyl groups is 1. The summed E-state index contributed by atoms with van der Waals surface area (Å²) in [5.74, 6) is -0.655. The van der Waals surface area contributed by atoms with E-state index in [4.69, 9.17) is 0 Å². The molecule has 3 heteroatoms. The first-order valence-corrected chi connectivity index (χ1v) is 7.70. The third kappa shape index (κ3) is 1.91. The van der Waals surface area contributed by atoms with Crippen molar-refractivity contribution < 1.29 is 14.7 Å². The van der Waals surface area contributed by atoms with Crippen molar-refractivity contribution >= 4 is 11.6 Å². The van der Waals surface area contributed by atoms with E-state index >= 15 is 0 Å². The van der Waals surface area contributed by atoms with E-state index in [2.05, 4.69) is 0 Å².